The van der Waals surface area contributed by atoms with Crippen LogP contribution in [0.1, 0.15) is 45.3 Å². The Morgan fingerprint density at radius 2 is 1.72 bits per heavy atom. The Morgan fingerprint density at radius 1 is 1.02 bits per heavy atom. The second-order valence-electron chi connectivity index (χ2n) is 11.6. The fraction of sp³-hybridized carbons (Fsp3) is 0.343. The Balaban J connectivity index is 1.26. The van der Waals surface area contributed by atoms with E-state index in [9.17, 15) is 4.79 Å². The van der Waals surface area contributed by atoms with Crippen LogP contribution < -0.4 is 10.5 Å². The minimum atomic E-state index is 0.111. The van der Waals surface area contributed by atoms with E-state index in [1.807, 2.05) is 54.3 Å². The van der Waals surface area contributed by atoms with Crippen molar-refractivity contribution >= 4 is 22.8 Å². The van der Waals surface area contributed by atoms with Gasteiger partial charge in [0.1, 0.15) is 35.0 Å². The predicted molar refractivity (Wildman–Crippen MR) is 171 cm³/mol. The Kier molecular flexibility index (Phi) is 8.17. The standard InChI is InChI=1S/C35H38N6O2/c1-4-8-31(42)40-21-27(22-40)39-19-17-25(18-20-39)11-16-30-32(33-34(36)37-23-38-35(33)41(30)24(2)3)26-12-14-29(15-13-26)43-28-9-6-5-7-10-28/h4-10,12-15,23-25,27H,17-22H2,1-3H3,(H2,36,37,38)/b8-4+. The first-order chi connectivity index (χ1) is 20.9. The van der Waals surface area contributed by atoms with Gasteiger partial charge in [-0.15, -0.1) is 0 Å². The average molecular weight is 575 g/mol. The molecule has 0 spiro atoms. The summed E-state index contributed by atoms with van der Waals surface area (Å²) < 4.78 is 8.22. The first-order valence-corrected chi connectivity index (χ1v) is 15.1. The summed E-state index contributed by atoms with van der Waals surface area (Å²) in [4.78, 5) is 25.5. The van der Waals surface area contributed by atoms with Gasteiger partial charge in [-0.05, 0) is 88.5 Å². The van der Waals surface area contributed by atoms with Gasteiger partial charge in [-0.2, -0.15) is 0 Å². The highest BCUT2D eigenvalue weighted by Crippen LogP contribution is 2.39. The van der Waals surface area contributed by atoms with Crippen LogP contribution in [0.15, 0.2) is 73.1 Å². The van der Waals surface area contributed by atoms with Crippen LogP contribution in [0.2, 0.25) is 0 Å². The number of amides is 1. The van der Waals surface area contributed by atoms with Crippen molar-refractivity contribution in [2.45, 2.75) is 45.7 Å². The number of likely N-dealkylation sites (tertiary alicyclic amines) is 2. The molecule has 220 valence electrons. The fourth-order valence-corrected chi connectivity index (χ4v) is 6.07. The molecule has 8 heteroatoms. The number of para-hydroxylation sites is 1. The zero-order valence-corrected chi connectivity index (χ0v) is 25.0. The lowest BCUT2D eigenvalue weighted by Crippen LogP contribution is -2.61. The van der Waals surface area contributed by atoms with E-state index in [0.29, 0.717) is 17.8 Å². The van der Waals surface area contributed by atoms with Gasteiger partial charge in [0.25, 0.3) is 0 Å². The van der Waals surface area contributed by atoms with E-state index < -0.39 is 0 Å². The van der Waals surface area contributed by atoms with E-state index in [4.69, 9.17) is 10.5 Å². The number of anilines is 1. The zero-order chi connectivity index (χ0) is 29.9. The summed E-state index contributed by atoms with van der Waals surface area (Å²) in [6, 6.07) is 18.4. The monoisotopic (exact) mass is 574 g/mol. The number of aromatic nitrogens is 3. The third kappa shape index (κ3) is 5.86. The van der Waals surface area contributed by atoms with Gasteiger partial charge in [0.2, 0.25) is 5.91 Å². The van der Waals surface area contributed by atoms with Gasteiger partial charge in [-0.3, -0.25) is 9.69 Å². The molecule has 1 amide bonds. The van der Waals surface area contributed by atoms with Gasteiger partial charge in [-0.25, -0.2) is 9.97 Å². The van der Waals surface area contributed by atoms with Crippen molar-refractivity contribution < 1.29 is 9.53 Å². The summed E-state index contributed by atoms with van der Waals surface area (Å²) in [7, 11) is 0. The summed E-state index contributed by atoms with van der Waals surface area (Å²) >= 11 is 0. The van der Waals surface area contributed by atoms with Crippen LogP contribution in [0.4, 0.5) is 5.82 Å². The topological polar surface area (TPSA) is 89.5 Å². The molecular formula is C35H38N6O2. The third-order valence-electron chi connectivity index (χ3n) is 8.37. The molecule has 2 N–H and O–H groups in total. The van der Waals surface area contributed by atoms with Crippen molar-refractivity contribution in [3.63, 3.8) is 0 Å². The molecule has 0 aliphatic carbocycles. The molecule has 43 heavy (non-hydrogen) atoms. The number of benzene rings is 2. The molecule has 2 saturated heterocycles. The first kappa shape index (κ1) is 28.5. The number of nitrogens with zero attached hydrogens (tertiary/aromatic N) is 5. The quantitative estimate of drug-likeness (QED) is 0.228. The van der Waals surface area contributed by atoms with Gasteiger partial charge in [0.05, 0.1) is 5.39 Å². The molecule has 2 aliphatic rings. The summed E-state index contributed by atoms with van der Waals surface area (Å²) in [6.45, 7) is 9.79. The van der Waals surface area contributed by atoms with Crippen LogP contribution in [-0.2, 0) is 4.79 Å². The van der Waals surface area contributed by atoms with E-state index in [2.05, 4.69) is 57.3 Å². The molecule has 0 bridgehead atoms. The second-order valence-corrected chi connectivity index (χ2v) is 11.6. The number of carbonyl (C=O) groups is 1. The minimum absolute atomic E-state index is 0.111. The summed E-state index contributed by atoms with van der Waals surface area (Å²) in [5.41, 5.74) is 10.1. The van der Waals surface area contributed by atoms with Gasteiger partial charge in [0, 0.05) is 36.7 Å². The van der Waals surface area contributed by atoms with Crippen LogP contribution in [-0.4, -0.2) is 62.5 Å². The number of hydrogen-bond acceptors (Lipinski definition) is 6. The molecular weight excluding hydrogens is 536 g/mol. The summed E-state index contributed by atoms with van der Waals surface area (Å²) in [5.74, 6) is 9.62. The highest BCUT2D eigenvalue weighted by molar-refractivity contribution is 6.03. The molecule has 6 rings (SSSR count). The van der Waals surface area contributed by atoms with Crippen molar-refractivity contribution in [2.75, 3.05) is 31.9 Å². The van der Waals surface area contributed by atoms with Crippen LogP contribution in [0.25, 0.3) is 22.2 Å². The third-order valence-corrected chi connectivity index (χ3v) is 8.37. The second kappa shape index (κ2) is 12.3. The lowest BCUT2D eigenvalue weighted by Gasteiger charge is -2.47. The fourth-order valence-electron chi connectivity index (χ4n) is 6.07. The van der Waals surface area contributed by atoms with Gasteiger partial charge >= 0.3 is 0 Å². The Labute approximate surface area is 253 Å². The number of fused-ring (bicyclic) bond motifs is 1. The van der Waals surface area contributed by atoms with E-state index >= 15 is 0 Å². The van der Waals surface area contributed by atoms with Crippen molar-refractivity contribution in [1.29, 1.82) is 0 Å². The highest BCUT2D eigenvalue weighted by atomic mass is 16.5. The maximum absolute atomic E-state index is 12.1. The van der Waals surface area contributed by atoms with E-state index in [1.165, 1.54) is 6.33 Å². The van der Waals surface area contributed by atoms with Gasteiger partial charge in [-0.1, -0.05) is 42.3 Å². The van der Waals surface area contributed by atoms with Crippen molar-refractivity contribution in [1.82, 2.24) is 24.3 Å². The normalized spacial score (nSPS) is 16.4. The van der Waals surface area contributed by atoms with E-state index in [1.54, 1.807) is 12.2 Å². The number of ether oxygens (including phenoxy) is 1. The minimum Gasteiger partial charge on any atom is -0.457 e. The van der Waals surface area contributed by atoms with E-state index in [0.717, 1.165) is 78.4 Å². The average Bonchev–Trinajstić information content (AvgIpc) is 3.33. The zero-order valence-electron chi connectivity index (χ0n) is 25.0. The molecule has 4 aromatic rings. The Hall–Kier alpha value is -4.61. The molecule has 0 unspecified atom stereocenters. The van der Waals surface area contributed by atoms with Gasteiger partial charge in [0.15, 0.2) is 0 Å². The van der Waals surface area contributed by atoms with Crippen LogP contribution in [0, 0.1) is 17.8 Å². The molecule has 4 heterocycles. The number of nitrogens with two attached hydrogens (primary N) is 1. The largest absolute Gasteiger partial charge is 0.457 e. The maximum atomic E-state index is 12.1. The van der Waals surface area contributed by atoms with Crippen LogP contribution in [0.3, 0.4) is 0 Å². The van der Waals surface area contributed by atoms with Gasteiger partial charge < -0.3 is 19.9 Å². The Morgan fingerprint density at radius 3 is 2.40 bits per heavy atom. The maximum Gasteiger partial charge on any atom is 0.246 e. The first-order valence-electron chi connectivity index (χ1n) is 15.1. The smallest absolute Gasteiger partial charge is 0.246 e. The lowest BCUT2D eigenvalue weighted by molar-refractivity contribution is -0.133. The number of carbonyl (C=O) groups excluding carboxylic acids is 1. The van der Waals surface area contributed by atoms with Crippen LogP contribution >= 0.6 is 0 Å². The molecule has 0 atom stereocenters. The van der Waals surface area contributed by atoms with E-state index in [-0.39, 0.29) is 11.9 Å². The number of allylic oxidation sites excluding steroid dienone is 1. The predicted octanol–water partition coefficient (Wildman–Crippen LogP) is 5.90. The molecule has 8 nitrogen and oxygen atoms in total. The molecule has 2 aliphatic heterocycles. The highest BCUT2D eigenvalue weighted by Gasteiger charge is 2.35. The van der Waals surface area contributed by atoms with Crippen molar-refractivity contribution in [3.05, 3.63) is 78.8 Å². The molecule has 0 radical (unpaired) electrons. The molecule has 0 saturated carbocycles. The lowest BCUT2D eigenvalue weighted by atomic mass is 9.94. The Bertz CT molecular complexity index is 1680. The number of piperidine rings is 1. The van der Waals surface area contributed by atoms with Crippen molar-refractivity contribution in [3.8, 4) is 34.5 Å². The SMILES string of the molecule is C/C=C/C(=O)N1CC(N2CCC(C#Cc3c(-c4ccc(Oc5ccccc5)cc4)c4c(N)ncnc4n3C(C)C)CC2)C1. The number of nitrogen functional groups attached to an aromatic ring is 1. The van der Waals surface area contributed by atoms with Crippen molar-refractivity contribution in [2.24, 2.45) is 5.92 Å². The molecule has 2 fully saturated rings. The molecule has 2 aromatic heterocycles. The van der Waals surface area contributed by atoms with Crippen LogP contribution in [0.5, 0.6) is 11.5 Å². The molecule has 2 aromatic carbocycles. The number of hydrogen-bond donors (Lipinski definition) is 1. The number of rotatable bonds is 6. The summed E-state index contributed by atoms with van der Waals surface area (Å²) in [6.07, 6.45) is 7.00. The summed E-state index contributed by atoms with van der Waals surface area (Å²) in [5, 5.41) is 0.828.